The molecule has 0 radical (unpaired) electrons. The molecule has 0 atom stereocenters. The minimum atomic E-state index is 0.499. The van der Waals surface area contributed by atoms with Crippen molar-refractivity contribution in [3.05, 3.63) is 64.8 Å². The van der Waals surface area contributed by atoms with E-state index in [1.807, 2.05) is 48.5 Å². The fourth-order valence-electron chi connectivity index (χ4n) is 2.86. The Kier molecular flexibility index (Phi) is 8.05. The number of nitrogens with zero attached hydrogens (tertiary/aromatic N) is 4. The molecule has 1 heterocycles. The van der Waals surface area contributed by atoms with Crippen LogP contribution in [0.5, 0.6) is 5.88 Å². The van der Waals surface area contributed by atoms with Crippen molar-refractivity contribution in [2.75, 3.05) is 47.4 Å². The van der Waals surface area contributed by atoms with Crippen LogP contribution >= 0.6 is 23.2 Å². The summed E-state index contributed by atoms with van der Waals surface area (Å²) < 4.78 is 5.90. The minimum absolute atomic E-state index is 0.499. The lowest BCUT2D eigenvalue weighted by Gasteiger charge is -2.19. The van der Waals surface area contributed by atoms with E-state index in [-0.39, 0.29) is 0 Å². The molecule has 0 saturated heterocycles. The Morgan fingerprint density at radius 3 is 1.90 bits per heavy atom. The first-order valence-corrected chi connectivity index (χ1v) is 10.5. The van der Waals surface area contributed by atoms with Gasteiger partial charge in [0.1, 0.15) is 12.3 Å². The Morgan fingerprint density at radius 1 is 0.767 bits per heavy atom. The van der Waals surface area contributed by atoms with E-state index in [4.69, 9.17) is 32.9 Å². The van der Waals surface area contributed by atoms with E-state index in [1.165, 1.54) is 0 Å². The average Bonchev–Trinajstić information content (AvgIpc) is 2.73. The molecule has 0 aliphatic heterocycles. The molecule has 0 aliphatic rings. The molecule has 0 N–H and O–H groups in total. The van der Waals surface area contributed by atoms with Gasteiger partial charge in [-0.3, -0.25) is 0 Å². The van der Waals surface area contributed by atoms with Crippen LogP contribution in [0.2, 0.25) is 10.0 Å². The van der Waals surface area contributed by atoms with E-state index in [9.17, 15) is 0 Å². The summed E-state index contributed by atoms with van der Waals surface area (Å²) in [4.78, 5) is 13.8. The van der Waals surface area contributed by atoms with Crippen molar-refractivity contribution in [3.8, 4) is 28.4 Å². The topological polar surface area (TPSA) is 41.5 Å². The Hall–Kier alpha value is -2.18. The number of halogens is 2. The predicted octanol–water partition coefficient (Wildman–Crippen LogP) is 4.99. The number of hydrogen-bond donors (Lipinski definition) is 0. The summed E-state index contributed by atoms with van der Waals surface area (Å²) in [7, 11) is 6.22. The second kappa shape index (κ2) is 10.7. The van der Waals surface area contributed by atoms with Crippen LogP contribution in [0.4, 0.5) is 0 Å². The maximum Gasteiger partial charge on any atom is 0.232 e. The van der Waals surface area contributed by atoms with Gasteiger partial charge in [0.25, 0.3) is 0 Å². The Morgan fingerprint density at radius 2 is 1.33 bits per heavy atom. The van der Waals surface area contributed by atoms with Crippen LogP contribution in [0.15, 0.2) is 54.7 Å². The van der Waals surface area contributed by atoms with Gasteiger partial charge >= 0.3 is 0 Å². The van der Waals surface area contributed by atoms with Gasteiger partial charge in [-0.25, -0.2) is 9.97 Å². The van der Waals surface area contributed by atoms with E-state index in [0.717, 1.165) is 42.1 Å². The zero-order valence-electron chi connectivity index (χ0n) is 17.5. The summed E-state index contributed by atoms with van der Waals surface area (Å²) in [6, 6.07) is 15.1. The van der Waals surface area contributed by atoms with Gasteiger partial charge < -0.3 is 14.5 Å². The van der Waals surface area contributed by atoms with Crippen molar-refractivity contribution in [3.63, 3.8) is 0 Å². The minimum Gasteiger partial charge on any atom is -0.475 e. The summed E-state index contributed by atoms with van der Waals surface area (Å²) in [5.41, 5.74) is 3.37. The number of rotatable bonds is 9. The molecule has 0 fully saturated rings. The smallest absolute Gasteiger partial charge is 0.232 e. The van der Waals surface area contributed by atoms with Gasteiger partial charge in [0, 0.05) is 40.8 Å². The molecular weight excluding hydrogens is 419 g/mol. The second-order valence-electron chi connectivity index (χ2n) is 7.37. The molecule has 158 valence electrons. The highest BCUT2D eigenvalue weighted by Gasteiger charge is 2.13. The number of likely N-dealkylation sites (N-methyl/N-ethyl adjacent to an activating group) is 2. The molecule has 5 nitrogen and oxygen atoms in total. The van der Waals surface area contributed by atoms with Crippen LogP contribution in [-0.4, -0.2) is 67.2 Å². The largest absolute Gasteiger partial charge is 0.475 e. The number of hydrogen-bond acceptors (Lipinski definition) is 5. The van der Waals surface area contributed by atoms with E-state index in [2.05, 4.69) is 35.9 Å². The molecule has 0 amide bonds. The maximum atomic E-state index is 6.06. The monoisotopic (exact) mass is 444 g/mol. The third kappa shape index (κ3) is 6.41. The summed E-state index contributed by atoms with van der Waals surface area (Å²) in [5, 5.41) is 1.35. The van der Waals surface area contributed by atoms with E-state index >= 15 is 0 Å². The van der Waals surface area contributed by atoms with E-state index < -0.39 is 0 Å². The Bertz CT molecular complexity index is 946. The SMILES string of the molecule is CN(C)CCN(C)CCOc1cnc(-c2ccc(Cl)cc2)c(-c2ccc(Cl)cc2)n1. The first kappa shape index (κ1) is 22.5. The van der Waals surface area contributed by atoms with Crippen molar-refractivity contribution >= 4 is 23.2 Å². The van der Waals surface area contributed by atoms with Crippen LogP contribution in [0.25, 0.3) is 22.5 Å². The lowest BCUT2D eigenvalue weighted by molar-refractivity contribution is 0.217. The van der Waals surface area contributed by atoms with E-state index in [0.29, 0.717) is 22.5 Å². The van der Waals surface area contributed by atoms with Crippen LogP contribution < -0.4 is 4.74 Å². The van der Waals surface area contributed by atoms with Gasteiger partial charge in [-0.1, -0.05) is 47.5 Å². The fraction of sp³-hybridized carbons (Fsp3) is 0.304. The average molecular weight is 445 g/mol. The highest BCUT2D eigenvalue weighted by molar-refractivity contribution is 6.31. The molecule has 0 bridgehead atoms. The van der Waals surface area contributed by atoms with Gasteiger partial charge in [-0.15, -0.1) is 0 Å². The Balaban J connectivity index is 1.80. The first-order valence-electron chi connectivity index (χ1n) is 9.77. The molecule has 3 aromatic rings. The molecule has 0 spiro atoms. The highest BCUT2D eigenvalue weighted by Crippen LogP contribution is 2.31. The molecule has 0 saturated carbocycles. The van der Waals surface area contributed by atoms with Crippen molar-refractivity contribution in [2.45, 2.75) is 0 Å². The van der Waals surface area contributed by atoms with Gasteiger partial charge in [0.05, 0.1) is 11.9 Å². The third-order valence-electron chi connectivity index (χ3n) is 4.64. The summed E-state index contributed by atoms with van der Waals surface area (Å²) in [5.74, 6) is 0.499. The van der Waals surface area contributed by atoms with Crippen LogP contribution in [0, 0.1) is 0 Å². The first-order chi connectivity index (χ1) is 14.4. The normalized spacial score (nSPS) is 11.3. The van der Waals surface area contributed by atoms with Crippen molar-refractivity contribution in [1.82, 2.24) is 19.8 Å². The standard InChI is InChI=1S/C23H26Cl2N4O/c1-28(2)12-13-29(3)14-15-30-21-16-26-22(17-4-8-19(24)9-5-17)23(27-21)18-6-10-20(25)11-7-18/h4-11,16H,12-15H2,1-3H3. The molecule has 30 heavy (non-hydrogen) atoms. The lowest BCUT2D eigenvalue weighted by Crippen LogP contribution is -2.31. The third-order valence-corrected chi connectivity index (χ3v) is 5.14. The van der Waals surface area contributed by atoms with Crippen molar-refractivity contribution in [1.29, 1.82) is 0 Å². The second-order valence-corrected chi connectivity index (χ2v) is 8.25. The molecule has 3 rings (SSSR count). The van der Waals surface area contributed by atoms with Gasteiger partial charge in [-0.05, 0) is 45.4 Å². The highest BCUT2D eigenvalue weighted by atomic mass is 35.5. The fourth-order valence-corrected chi connectivity index (χ4v) is 3.11. The molecule has 0 aliphatic carbocycles. The molecule has 0 unspecified atom stereocenters. The van der Waals surface area contributed by atoms with Gasteiger partial charge in [0.15, 0.2) is 0 Å². The molecule has 7 heteroatoms. The number of benzene rings is 2. The summed E-state index contributed by atoms with van der Waals surface area (Å²) in [6.45, 7) is 3.34. The van der Waals surface area contributed by atoms with Gasteiger partial charge in [0.2, 0.25) is 5.88 Å². The Labute approximate surface area is 188 Å². The van der Waals surface area contributed by atoms with Gasteiger partial charge in [-0.2, -0.15) is 0 Å². The molecule has 2 aromatic carbocycles. The molecular formula is C23H26Cl2N4O. The number of aromatic nitrogens is 2. The number of ether oxygens (including phenoxy) is 1. The quantitative estimate of drug-likeness (QED) is 0.464. The van der Waals surface area contributed by atoms with Crippen molar-refractivity contribution < 1.29 is 4.74 Å². The maximum absolute atomic E-state index is 6.06. The zero-order valence-corrected chi connectivity index (χ0v) is 19.0. The summed E-state index contributed by atoms with van der Waals surface area (Å²) in [6.07, 6.45) is 1.67. The predicted molar refractivity (Wildman–Crippen MR) is 124 cm³/mol. The van der Waals surface area contributed by atoms with Crippen LogP contribution in [0.3, 0.4) is 0 Å². The van der Waals surface area contributed by atoms with Crippen LogP contribution in [0.1, 0.15) is 0 Å². The van der Waals surface area contributed by atoms with E-state index in [1.54, 1.807) is 6.20 Å². The van der Waals surface area contributed by atoms with Crippen molar-refractivity contribution in [2.24, 2.45) is 0 Å². The summed E-state index contributed by atoms with van der Waals surface area (Å²) >= 11 is 12.1. The molecule has 1 aromatic heterocycles. The lowest BCUT2D eigenvalue weighted by atomic mass is 10.0. The zero-order chi connectivity index (χ0) is 21.5. The van der Waals surface area contributed by atoms with Crippen LogP contribution in [-0.2, 0) is 0 Å².